The quantitative estimate of drug-likeness (QED) is 0.197. The molecule has 0 spiro atoms. The monoisotopic (exact) mass is 614 g/mol. The van der Waals surface area contributed by atoms with E-state index in [2.05, 4.69) is 0 Å². The largest absolute Gasteiger partial charge is 0.507 e. The highest BCUT2D eigenvalue weighted by molar-refractivity contribution is 6.04. The molecule has 0 saturated carbocycles. The van der Waals surface area contributed by atoms with Crippen LogP contribution in [-0.4, -0.2) is 57.1 Å². The van der Waals surface area contributed by atoms with E-state index in [0.29, 0.717) is 35.1 Å². The Morgan fingerprint density at radius 3 is 2.23 bits per heavy atom. The summed E-state index contributed by atoms with van der Waals surface area (Å²) >= 11 is 0. The van der Waals surface area contributed by atoms with Crippen molar-refractivity contribution in [1.29, 1.82) is 0 Å². The van der Waals surface area contributed by atoms with Gasteiger partial charge in [-0.25, -0.2) is 0 Å². The van der Waals surface area contributed by atoms with Crippen LogP contribution in [-0.2, 0) is 21.4 Å². The van der Waals surface area contributed by atoms with Crippen molar-refractivity contribution in [2.45, 2.75) is 92.4 Å². The molecule has 0 aromatic heterocycles. The lowest BCUT2D eigenvalue weighted by molar-refractivity contribution is -0.132. The summed E-state index contributed by atoms with van der Waals surface area (Å²) in [5.41, 5.74) is 3.03. The number of fused-ring (bicyclic) bond motifs is 1. The fourth-order valence-electron chi connectivity index (χ4n) is 6.42. The molecule has 0 bridgehead atoms. The summed E-state index contributed by atoms with van der Waals surface area (Å²) in [6, 6.07) is 9.16. The molecule has 3 atom stereocenters. The molecule has 0 aliphatic heterocycles. The molecule has 3 unspecified atom stereocenters. The van der Waals surface area contributed by atoms with Gasteiger partial charge in [-0.05, 0) is 77.7 Å². The first-order valence-electron chi connectivity index (χ1n) is 15.3. The number of Topliss-reactive ketones (excluding diaryl/α,β-unsaturated/α-hetero) is 4. The van der Waals surface area contributed by atoms with E-state index in [9.17, 15) is 34.5 Å². The van der Waals surface area contributed by atoms with Crippen LogP contribution in [0.5, 0.6) is 5.75 Å². The smallest absolute Gasteiger partial charge is 0.167 e. The number of hydrogen-bond donors (Lipinski definition) is 3. The first kappa shape index (κ1) is 37.0. The first-order chi connectivity index (χ1) is 20.0. The van der Waals surface area contributed by atoms with Crippen molar-refractivity contribution >= 4 is 23.1 Å². The van der Waals surface area contributed by atoms with Gasteiger partial charge in [-0.2, -0.15) is 0 Å². The van der Waals surface area contributed by atoms with Crippen LogP contribution in [0.15, 0.2) is 30.3 Å². The van der Waals surface area contributed by atoms with Gasteiger partial charge in [-0.15, -0.1) is 0 Å². The SMILES string of the molecule is CC(=O)c1cccc(-c2cc(C(C)(C)C)c(O)c3c2CC(CC(CCO)C(CO)C(=O)CC(=O)CC(C)(C)C)CC3=O)c1.O.[HH].[HH]. The van der Waals surface area contributed by atoms with Crippen molar-refractivity contribution in [3.8, 4) is 16.9 Å². The van der Waals surface area contributed by atoms with Gasteiger partial charge in [0.2, 0.25) is 0 Å². The molecule has 8 heteroatoms. The third-order valence-electron chi connectivity index (χ3n) is 8.46. The Bertz CT molecular complexity index is 1390. The van der Waals surface area contributed by atoms with Crippen LogP contribution in [0.2, 0.25) is 0 Å². The van der Waals surface area contributed by atoms with Gasteiger partial charge < -0.3 is 20.8 Å². The van der Waals surface area contributed by atoms with Crippen LogP contribution in [0.4, 0.5) is 0 Å². The van der Waals surface area contributed by atoms with Gasteiger partial charge in [0.05, 0.1) is 18.6 Å². The van der Waals surface area contributed by atoms with Crippen LogP contribution < -0.4 is 0 Å². The van der Waals surface area contributed by atoms with Gasteiger partial charge in [0, 0.05) is 39.3 Å². The average Bonchev–Trinajstić information content (AvgIpc) is 2.87. The lowest BCUT2D eigenvalue weighted by Gasteiger charge is -2.33. The summed E-state index contributed by atoms with van der Waals surface area (Å²) < 4.78 is 0. The number of aromatic hydroxyl groups is 1. The summed E-state index contributed by atoms with van der Waals surface area (Å²) in [7, 11) is 0. The Balaban J connectivity index is 0.00000675. The molecule has 5 N–H and O–H groups in total. The number of ketones is 4. The van der Waals surface area contributed by atoms with Gasteiger partial charge in [0.1, 0.15) is 17.3 Å². The van der Waals surface area contributed by atoms with Crippen molar-refractivity contribution in [1.82, 2.24) is 0 Å². The summed E-state index contributed by atoms with van der Waals surface area (Å²) in [4.78, 5) is 51.7. The van der Waals surface area contributed by atoms with Crippen molar-refractivity contribution in [2.24, 2.45) is 23.2 Å². The van der Waals surface area contributed by atoms with Gasteiger partial charge in [0.15, 0.2) is 11.6 Å². The number of aliphatic hydroxyl groups is 2. The molecule has 8 nitrogen and oxygen atoms in total. The van der Waals surface area contributed by atoms with E-state index in [-0.39, 0.29) is 80.8 Å². The maximum atomic E-state index is 13.7. The van der Waals surface area contributed by atoms with E-state index in [1.165, 1.54) is 6.92 Å². The Hall–Kier alpha value is -3.20. The second kappa shape index (κ2) is 14.7. The molecule has 0 fully saturated rings. The van der Waals surface area contributed by atoms with E-state index in [4.69, 9.17) is 0 Å². The van der Waals surface area contributed by atoms with Gasteiger partial charge in [-0.3, -0.25) is 19.2 Å². The third-order valence-corrected chi connectivity index (χ3v) is 8.46. The standard InChI is InChI=1S/C36H48O7.H2O.2H2/c1-21(39)23-9-8-10-24(16-23)27-18-30(36(5,6)7)34(43)33-28(27)14-22(15-32(33)42)13-25(11-12-37)29(20-38)31(41)17-26(40)19-35(2,3)4;;;/h8-10,16,18,22,25,29,37-38,43H,11-15,17,19-20H2,1-7H3;1H2;2*1H. The number of phenols is 1. The van der Waals surface area contributed by atoms with Crippen LogP contribution in [0.3, 0.4) is 0 Å². The number of aliphatic hydroxyl groups excluding tert-OH is 2. The number of benzene rings is 2. The summed E-state index contributed by atoms with van der Waals surface area (Å²) in [5, 5.41) is 31.5. The minimum absolute atomic E-state index is 0. The van der Waals surface area contributed by atoms with Crippen LogP contribution in [0.25, 0.3) is 11.1 Å². The van der Waals surface area contributed by atoms with Gasteiger partial charge in [-0.1, -0.05) is 59.7 Å². The summed E-state index contributed by atoms with van der Waals surface area (Å²) in [5.74, 6) is -2.27. The second-order valence-corrected chi connectivity index (χ2v) is 14.5. The lowest BCUT2D eigenvalue weighted by Crippen LogP contribution is -2.33. The van der Waals surface area contributed by atoms with E-state index >= 15 is 0 Å². The molecule has 2 aromatic rings. The number of phenolic OH excluding ortho intramolecular Hbond substituents is 1. The highest BCUT2D eigenvalue weighted by Gasteiger charge is 2.37. The molecule has 0 saturated heterocycles. The van der Waals surface area contributed by atoms with Crippen LogP contribution in [0, 0.1) is 23.2 Å². The van der Waals surface area contributed by atoms with Gasteiger partial charge in [0.25, 0.3) is 0 Å². The summed E-state index contributed by atoms with van der Waals surface area (Å²) in [6.45, 7) is 12.6. The minimum atomic E-state index is -0.823. The Kier molecular flexibility index (Phi) is 12.4. The van der Waals surface area contributed by atoms with E-state index in [1.807, 2.05) is 53.7 Å². The number of hydrogen-bond acceptors (Lipinski definition) is 7. The molecule has 0 radical (unpaired) electrons. The molecular formula is C36H54O8. The molecule has 1 aliphatic carbocycles. The Labute approximate surface area is 264 Å². The molecule has 246 valence electrons. The predicted molar refractivity (Wildman–Crippen MR) is 175 cm³/mol. The van der Waals surface area contributed by atoms with Gasteiger partial charge >= 0.3 is 0 Å². The average molecular weight is 615 g/mol. The van der Waals surface area contributed by atoms with E-state index in [1.54, 1.807) is 18.2 Å². The third kappa shape index (κ3) is 8.93. The van der Waals surface area contributed by atoms with Crippen LogP contribution in [0.1, 0.15) is 115 Å². The highest BCUT2D eigenvalue weighted by Crippen LogP contribution is 2.45. The summed E-state index contributed by atoms with van der Waals surface area (Å²) in [6.07, 6.45) is 1.23. The minimum Gasteiger partial charge on any atom is -0.507 e. The molecular weight excluding hydrogens is 560 g/mol. The van der Waals surface area contributed by atoms with Crippen molar-refractivity contribution in [3.63, 3.8) is 0 Å². The van der Waals surface area contributed by atoms with E-state index < -0.39 is 23.9 Å². The van der Waals surface area contributed by atoms with Crippen LogP contribution >= 0.6 is 0 Å². The zero-order valence-corrected chi connectivity index (χ0v) is 27.3. The molecule has 1 aliphatic rings. The van der Waals surface area contributed by atoms with E-state index in [0.717, 1.165) is 11.1 Å². The zero-order valence-electron chi connectivity index (χ0n) is 27.3. The molecule has 0 amide bonds. The molecule has 0 heterocycles. The fourth-order valence-corrected chi connectivity index (χ4v) is 6.42. The maximum absolute atomic E-state index is 13.7. The molecule has 44 heavy (non-hydrogen) atoms. The normalized spacial score (nSPS) is 16.5. The predicted octanol–water partition coefficient (Wildman–Crippen LogP) is 5.93. The zero-order chi connectivity index (χ0) is 32.3. The maximum Gasteiger partial charge on any atom is 0.167 e. The second-order valence-electron chi connectivity index (χ2n) is 14.5. The highest BCUT2D eigenvalue weighted by atomic mass is 16.3. The van der Waals surface area contributed by atoms with Crippen molar-refractivity contribution < 1.29 is 42.8 Å². The topological polar surface area (TPSA) is 160 Å². The number of rotatable bonds is 12. The number of carbonyl (C=O) groups is 4. The fraction of sp³-hybridized carbons (Fsp3) is 0.556. The first-order valence-corrected chi connectivity index (χ1v) is 15.3. The molecule has 2 aromatic carbocycles. The Morgan fingerprint density at radius 1 is 1.02 bits per heavy atom. The number of carbonyl (C=O) groups excluding carboxylic acids is 4. The molecule has 3 rings (SSSR count). The lowest BCUT2D eigenvalue weighted by atomic mass is 9.70. The van der Waals surface area contributed by atoms with Crippen molar-refractivity contribution in [2.75, 3.05) is 13.2 Å². The Morgan fingerprint density at radius 2 is 1.68 bits per heavy atom. The van der Waals surface area contributed by atoms with Crippen molar-refractivity contribution in [3.05, 3.63) is 52.6 Å².